The summed E-state index contributed by atoms with van der Waals surface area (Å²) in [5, 5.41) is 0. The van der Waals surface area contributed by atoms with Crippen molar-refractivity contribution in [2.75, 3.05) is 0 Å². The van der Waals surface area contributed by atoms with E-state index in [0.717, 1.165) is 0 Å². The van der Waals surface area contributed by atoms with Gasteiger partial charge in [-0.05, 0) is 57.7 Å². The van der Waals surface area contributed by atoms with Crippen LogP contribution in [0.3, 0.4) is 0 Å². The van der Waals surface area contributed by atoms with E-state index in [4.69, 9.17) is 0 Å². The molecule has 0 heterocycles. The van der Waals surface area contributed by atoms with Gasteiger partial charge in [-0.2, -0.15) is 0 Å². The molecule has 0 saturated carbocycles. The summed E-state index contributed by atoms with van der Waals surface area (Å²) in [6, 6.07) is 16.7. The van der Waals surface area contributed by atoms with Crippen molar-refractivity contribution in [1.82, 2.24) is 0 Å². The first-order valence-corrected chi connectivity index (χ1v) is 8.07. The maximum Gasteiger partial charge on any atom is -0.00584 e. The van der Waals surface area contributed by atoms with E-state index in [1.54, 1.807) is 0 Å². The number of hydrogen-bond acceptors (Lipinski definition) is 0. The molecular formula is C21H27. The Hall–Kier alpha value is -1.56. The maximum atomic E-state index is 3.71. The van der Waals surface area contributed by atoms with Crippen LogP contribution in [-0.4, -0.2) is 0 Å². The highest BCUT2D eigenvalue weighted by atomic mass is 14.2. The lowest BCUT2D eigenvalue weighted by atomic mass is 9.81. The van der Waals surface area contributed by atoms with Crippen LogP contribution in [-0.2, 0) is 0 Å². The second-order valence-electron chi connectivity index (χ2n) is 6.80. The molecule has 21 heavy (non-hydrogen) atoms. The average Bonchev–Trinajstić information content (AvgIpc) is 2.46. The molecule has 111 valence electrons. The third kappa shape index (κ3) is 3.37. The van der Waals surface area contributed by atoms with Crippen LogP contribution in [0.2, 0.25) is 0 Å². The Morgan fingerprint density at radius 3 is 1.86 bits per heavy atom. The molecule has 1 radical (unpaired) electrons. The van der Waals surface area contributed by atoms with Crippen LogP contribution in [0.1, 0.15) is 76.0 Å². The van der Waals surface area contributed by atoms with E-state index >= 15 is 0 Å². The van der Waals surface area contributed by atoms with Crippen molar-refractivity contribution in [3.8, 4) is 11.1 Å². The molecule has 0 aliphatic heterocycles. The molecule has 2 aromatic carbocycles. The SMILES string of the molecule is CC(C)c1[c]c(-c2ccccc2)cc(C(C)C)c1C(C)C. The standard InChI is InChI=1S/C21H27/c1-14(2)19-12-18(17-10-8-7-9-11-17)13-20(15(3)4)21(19)16(5)6/h7-12,14-16H,1-6H3. The van der Waals surface area contributed by atoms with Gasteiger partial charge < -0.3 is 0 Å². The van der Waals surface area contributed by atoms with Crippen molar-refractivity contribution < 1.29 is 0 Å². The van der Waals surface area contributed by atoms with Gasteiger partial charge in [0.1, 0.15) is 0 Å². The Bertz CT molecular complexity index is 560. The fraction of sp³-hybridized carbons (Fsp3) is 0.429. The third-order valence-corrected chi connectivity index (χ3v) is 4.03. The Morgan fingerprint density at radius 2 is 1.38 bits per heavy atom. The predicted molar refractivity (Wildman–Crippen MR) is 93.0 cm³/mol. The molecule has 0 nitrogen and oxygen atoms in total. The van der Waals surface area contributed by atoms with Gasteiger partial charge in [0.05, 0.1) is 0 Å². The van der Waals surface area contributed by atoms with E-state index in [1.165, 1.54) is 27.8 Å². The first-order chi connectivity index (χ1) is 9.91. The Kier molecular flexibility index (Phi) is 4.88. The van der Waals surface area contributed by atoms with Gasteiger partial charge in [0.15, 0.2) is 0 Å². The van der Waals surface area contributed by atoms with Crippen LogP contribution in [0.15, 0.2) is 36.4 Å². The second-order valence-corrected chi connectivity index (χ2v) is 6.80. The zero-order chi connectivity index (χ0) is 15.6. The molecule has 2 rings (SSSR count). The van der Waals surface area contributed by atoms with Gasteiger partial charge in [-0.25, -0.2) is 0 Å². The zero-order valence-electron chi connectivity index (χ0n) is 14.2. The van der Waals surface area contributed by atoms with Crippen molar-refractivity contribution in [3.63, 3.8) is 0 Å². The lowest BCUT2D eigenvalue weighted by Gasteiger charge is -2.24. The van der Waals surface area contributed by atoms with Gasteiger partial charge in [0.25, 0.3) is 0 Å². The molecule has 0 bridgehead atoms. The lowest BCUT2D eigenvalue weighted by molar-refractivity contribution is 0.748. The van der Waals surface area contributed by atoms with E-state index in [-0.39, 0.29) is 0 Å². The topological polar surface area (TPSA) is 0 Å². The molecule has 0 unspecified atom stereocenters. The Labute approximate surface area is 130 Å². The zero-order valence-corrected chi connectivity index (χ0v) is 14.2. The van der Waals surface area contributed by atoms with Crippen LogP contribution < -0.4 is 0 Å². The fourth-order valence-electron chi connectivity index (χ4n) is 2.99. The van der Waals surface area contributed by atoms with Gasteiger partial charge >= 0.3 is 0 Å². The Balaban J connectivity index is 2.71. The maximum absolute atomic E-state index is 3.71. The molecule has 0 aliphatic rings. The summed E-state index contributed by atoms with van der Waals surface area (Å²) < 4.78 is 0. The van der Waals surface area contributed by atoms with Crippen LogP contribution in [0.4, 0.5) is 0 Å². The molecule has 0 atom stereocenters. The highest BCUT2D eigenvalue weighted by Gasteiger charge is 2.18. The molecule has 0 aromatic heterocycles. The van der Waals surface area contributed by atoms with E-state index in [2.05, 4.69) is 84.0 Å². The highest BCUT2D eigenvalue weighted by molar-refractivity contribution is 5.66. The molecule has 0 heteroatoms. The summed E-state index contributed by atoms with van der Waals surface area (Å²) in [6.07, 6.45) is 0. The van der Waals surface area contributed by atoms with Gasteiger partial charge in [-0.15, -0.1) is 0 Å². The molecule has 0 N–H and O–H groups in total. The van der Waals surface area contributed by atoms with Crippen LogP contribution >= 0.6 is 0 Å². The quantitative estimate of drug-likeness (QED) is 0.597. The van der Waals surface area contributed by atoms with E-state index in [9.17, 15) is 0 Å². The van der Waals surface area contributed by atoms with Crippen molar-refractivity contribution >= 4 is 0 Å². The highest BCUT2D eigenvalue weighted by Crippen LogP contribution is 2.36. The molecule has 0 aliphatic carbocycles. The minimum absolute atomic E-state index is 0.503. The number of hydrogen-bond donors (Lipinski definition) is 0. The van der Waals surface area contributed by atoms with E-state index in [1.807, 2.05) is 0 Å². The number of rotatable bonds is 4. The summed E-state index contributed by atoms with van der Waals surface area (Å²) in [7, 11) is 0. The first-order valence-electron chi connectivity index (χ1n) is 8.07. The first kappa shape index (κ1) is 15.8. The predicted octanol–water partition coefficient (Wildman–Crippen LogP) is 6.52. The minimum atomic E-state index is 0.503. The van der Waals surface area contributed by atoms with Gasteiger partial charge in [-0.3, -0.25) is 0 Å². The molecule has 0 fully saturated rings. The second kappa shape index (κ2) is 6.47. The molecule has 0 amide bonds. The van der Waals surface area contributed by atoms with Crippen LogP contribution in [0.25, 0.3) is 11.1 Å². The average molecular weight is 279 g/mol. The fourth-order valence-corrected chi connectivity index (χ4v) is 2.99. The Morgan fingerprint density at radius 1 is 0.762 bits per heavy atom. The summed E-state index contributed by atoms with van der Waals surface area (Å²) in [4.78, 5) is 0. The van der Waals surface area contributed by atoms with Gasteiger partial charge in [0.2, 0.25) is 0 Å². The monoisotopic (exact) mass is 279 g/mol. The molecular weight excluding hydrogens is 252 g/mol. The molecule has 0 spiro atoms. The van der Waals surface area contributed by atoms with Crippen molar-refractivity contribution in [1.29, 1.82) is 0 Å². The van der Waals surface area contributed by atoms with E-state index < -0.39 is 0 Å². The van der Waals surface area contributed by atoms with Crippen LogP contribution in [0, 0.1) is 6.07 Å². The largest absolute Gasteiger partial charge is 0.0622 e. The lowest BCUT2D eigenvalue weighted by Crippen LogP contribution is -2.06. The smallest absolute Gasteiger partial charge is 0.00584 e. The van der Waals surface area contributed by atoms with Crippen molar-refractivity contribution in [2.24, 2.45) is 0 Å². The summed E-state index contributed by atoms with van der Waals surface area (Å²) in [5.74, 6) is 1.58. The molecule has 2 aromatic rings. The number of benzene rings is 2. The normalized spacial score (nSPS) is 11.7. The summed E-state index contributed by atoms with van der Waals surface area (Å²) in [6.45, 7) is 13.7. The van der Waals surface area contributed by atoms with Gasteiger partial charge in [-0.1, -0.05) is 71.9 Å². The summed E-state index contributed by atoms with van der Waals surface area (Å²) >= 11 is 0. The van der Waals surface area contributed by atoms with Crippen LogP contribution in [0.5, 0.6) is 0 Å². The van der Waals surface area contributed by atoms with E-state index in [0.29, 0.717) is 17.8 Å². The molecule has 0 saturated heterocycles. The minimum Gasteiger partial charge on any atom is -0.0622 e. The van der Waals surface area contributed by atoms with Crippen molar-refractivity contribution in [3.05, 3.63) is 59.2 Å². The third-order valence-electron chi connectivity index (χ3n) is 4.03. The summed E-state index contributed by atoms with van der Waals surface area (Å²) in [5.41, 5.74) is 6.85. The van der Waals surface area contributed by atoms with Crippen molar-refractivity contribution in [2.45, 2.75) is 59.3 Å². The van der Waals surface area contributed by atoms with Gasteiger partial charge in [0, 0.05) is 0 Å².